The van der Waals surface area contributed by atoms with Gasteiger partial charge in [0.1, 0.15) is 0 Å². The molecule has 0 aromatic carbocycles. The van der Waals surface area contributed by atoms with Gasteiger partial charge >= 0.3 is 0 Å². The minimum atomic E-state index is -0.163. The molecule has 0 unspecified atom stereocenters. The first-order valence-electron chi connectivity index (χ1n) is 8.02. The molecular weight excluding hydrogens is 268 g/mol. The normalized spacial score (nSPS) is 13.2. The highest BCUT2D eigenvalue weighted by Gasteiger charge is 2.32. The van der Waals surface area contributed by atoms with Gasteiger partial charge < -0.3 is 4.52 Å². The number of fused-ring (bicyclic) bond motifs is 1. The second kappa shape index (κ2) is 7.38. The van der Waals surface area contributed by atoms with Crippen molar-refractivity contribution in [3.05, 3.63) is 11.3 Å². The van der Waals surface area contributed by atoms with Crippen LogP contribution in [0.15, 0.2) is 4.52 Å². The molecule has 1 heterocycles. The fraction of sp³-hybridized carbons (Fsp3) is 0.688. The van der Waals surface area contributed by atoms with Crippen LogP contribution in [0.2, 0.25) is 0 Å². The van der Waals surface area contributed by atoms with Gasteiger partial charge in [-0.25, -0.2) is 4.90 Å². The fourth-order valence-electron chi connectivity index (χ4n) is 2.63. The monoisotopic (exact) mass is 292 g/mol. The van der Waals surface area contributed by atoms with Crippen LogP contribution in [0.3, 0.4) is 0 Å². The number of unbranched alkanes of at least 4 members (excludes halogenated alkanes) is 2. The summed E-state index contributed by atoms with van der Waals surface area (Å²) in [5.74, 6) is 0.0531. The van der Waals surface area contributed by atoms with Gasteiger partial charge in [0, 0.05) is 18.4 Å². The summed E-state index contributed by atoms with van der Waals surface area (Å²) in [7, 11) is 0. The highest BCUT2D eigenvalue weighted by Crippen LogP contribution is 2.32. The summed E-state index contributed by atoms with van der Waals surface area (Å²) >= 11 is 0. The van der Waals surface area contributed by atoms with Gasteiger partial charge in [0.25, 0.3) is 0 Å². The van der Waals surface area contributed by atoms with E-state index in [1.165, 1.54) is 4.90 Å². The molecule has 0 spiro atoms. The van der Waals surface area contributed by atoms with E-state index < -0.39 is 0 Å². The maximum absolute atomic E-state index is 12.4. The van der Waals surface area contributed by atoms with Crippen molar-refractivity contribution in [1.82, 2.24) is 5.16 Å². The number of anilines is 1. The smallest absolute Gasteiger partial charge is 0.244 e. The minimum absolute atomic E-state index is 0.163. The van der Waals surface area contributed by atoms with Crippen LogP contribution < -0.4 is 4.90 Å². The maximum Gasteiger partial charge on any atom is 0.244 e. The third kappa shape index (κ3) is 3.52. The highest BCUT2D eigenvalue weighted by atomic mass is 16.5. The molecular formula is C16H24N2O3. The number of nitrogens with zero attached hydrogens (tertiary/aromatic N) is 2. The van der Waals surface area contributed by atoms with Crippen LogP contribution in [0.5, 0.6) is 0 Å². The lowest BCUT2D eigenvalue weighted by atomic mass is 10.1. The van der Waals surface area contributed by atoms with Gasteiger partial charge in [-0.05, 0) is 32.1 Å². The van der Waals surface area contributed by atoms with Crippen LogP contribution in [-0.4, -0.2) is 17.0 Å². The molecule has 0 radical (unpaired) electrons. The molecule has 0 saturated carbocycles. The molecule has 2 rings (SSSR count). The Morgan fingerprint density at radius 2 is 1.71 bits per heavy atom. The van der Waals surface area contributed by atoms with E-state index in [1.807, 2.05) is 13.8 Å². The Balaban J connectivity index is 2.22. The average molecular weight is 292 g/mol. The van der Waals surface area contributed by atoms with E-state index in [1.54, 1.807) is 0 Å². The zero-order valence-electron chi connectivity index (χ0n) is 13.0. The Labute approximate surface area is 125 Å². The summed E-state index contributed by atoms with van der Waals surface area (Å²) in [6.07, 6.45) is 6.91. The van der Waals surface area contributed by atoms with Crippen molar-refractivity contribution in [3.63, 3.8) is 0 Å². The number of amides is 2. The number of hydrogen-bond donors (Lipinski definition) is 0. The number of carbonyl (C=O) groups excluding carboxylic acids is 2. The predicted octanol–water partition coefficient (Wildman–Crippen LogP) is 3.40. The zero-order valence-corrected chi connectivity index (χ0v) is 13.0. The molecule has 1 aromatic rings. The van der Waals surface area contributed by atoms with Gasteiger partial charge in [-0.15, -0.1) is 0 Å². The molecule has 0 aliphatic heterocycles. The first-order valence-corrected chi connectivity index (χ1v) is 8.02. The van der Waals surface area contributed by atoms with Gasteiger partial charge in [0.15, 0.2) is 0 Å². The van der Waals surface area contributed by atoms with Crippen molar-refractivity contribution >= 4 is 17.7 Å². The third-order valence-corrected chi connectivity index (χ3v) is 3.88. The first-order chi connectivity index (χ1) is 10.2. The van der Waals surface area contributed by atoms with Crippen molar-refractivity contribution in [1.29, 1.82) is 0 Å². The average Bonchev–Trinajstić information content (AvgIpc) is 3.07. The molecule has 0 saturated heterocycles. The quantitative estimate of drug-likeness (QED) is 0.772. The van der Waals surface area contributed by atoms with Crippen molar-refractivity contribution < 1.29 is 14.1 Å². The van der Waals surface area contributed by atoms with Crippen molar-refractivity contribution in [3.8, 4) is 0 Å². The third-order valence-electron chi connectivity index (χ3n) is 3.88. The Morgan fingerprint density at radius 1 is 1.10 bits per heavy atom. The summed E-state index contributed by atoms with van der Waals surface area (Å²) in [5, 5.41) is 4.02. The van der Waals surface area contributed by atoms with Crippen LogP contribution >= 0.6 is 0 Å². The topological polar surface area (TPSA) is 63.4 Å². The lowest BCUT2D eigenvalue weighted by Gasteiger charge is -2.18. The zero-order chi connectivity index (χ0) is 15.2. The SMILES string of the molecule is CCCCC(=O)N(C(=O)CCCC)c1onc2c1CCC2. The summed E-state index contributed by atoms with van der Waals surface area (Å²) < 4.78 is 5.34. The maximum atomic E-state index is 12.4. The predicted molar refractivity (Wildman–Crippen MR) is 80.1 cm³/mol. The summed E-state index contributed by atoms with van der Waals surface area (Å²) in [6, 6.07) is 0. The van der Waals surface area contributed by atoms with Crippen LogP contribution in [0.25, 0.3) is 0 Å². The van der Waals surface area contributed by atoms with E-state index in [9.17, 15) is 9.59 Å². The van der Waals surface area contributed by atoms with Crippen LogP contribution in [-0.2, 0) is 22.4 Å². The molecule has 5 heteroatoms. The summed E-state index contributed by atoms with van der Waals surface area (Å²) in [4.78, 5) is 26.1. The molecule has 0 atom stereocenters. The molecule has 1 aliphatic carbocycles. The number of aryl methyl sites for hydroxylation is 1. The van der Waals surface area contributed by atoms with E-state index in [0.29, 0.717) is 18.7 Å². The number of imide groups is 1. The van der Waals surface area contributed by atoms with Gasteiger partial charge in [0.2, 0.25) is 17.7 Å². The molecule has 0 N–H and O–H groups in total. The van der Waals surface area contributed by atoms with Crippen molar-refractivity contribution in [2.75, 3.05) is 4.90 Å². The largest absolute Gasteiger partial charge is 0.337 e. The Morgan fingerprint density at radius 3 is 2.29 bits per heavy atom. The standard InChI is InChI=1S/C16H24N2O3/c1-3-5-10-14(19)18(15(20)11-6-4-2)16-12-8-7-9-13(12)17-21-16/h3-11H2,1-2H3. The van der Waals surface area contributed by atoms with Crippen molar-refractivity contribution in [2.45, 2.75) is 71.6 Å². The first kappa shape index (κ1) is 15.7. The molecule has 0 bridgehead atoms. The van der Waals surface area contributed by atoms with E-state index in [0.717, 1.165) is 56.2 Å². The van der Waals surface area contributed by atoms with Gasteiger partial charge in [0.05, 0.1) is 5.69 Å². The molecule has 0 fully saturated rings. The molecule has 2 amide bonds. The lowest BCUT2D eigenvalue weighted by molar-refractivity contribution is -0.127. The molecule has 21 heavy (non-hydrogen) atoms. The van der Waals surface area contributed by atoms with E-state index in [2.05, 4.69) is 5.16 Å². The molecule has 116 valence electrons. The van der Waals surface area contributed by atoms with Crippen LogP contribution in [0, 0.1) is 0 Å². The fourth-order valence-corrected chi connectivity index (χ4v) is 2.63. The molecule has 1 aliphatic rings. The Hall–Kier alpha value is -1.65. The van der Waals surface area contributed by atoms with Gasteiger partial charge in [-0.1, -0.05) is 31.8 Å². The molecule has 5 nitrogen and oxygen atoms in total. The number of carbonyl (C=O) groups is 2. The van der Waals surface area contributed by atoms with E-state index >= 15 is 0 Å². The second-order valence-electron chi connectivity index (χ2n) is 5.60. The van der Waals surface area contributed by atoms with E-state index in [4.69, 9.17) is 4.52 Å². The minimum Gasteiger partial charge on any atom is -0.337 e. The second-order valence-corrected chi connectivity index (χ2v) is 5.60. The van der Waals surface area contributed by atoms with Gasteiger partial charge in [-0.3, -0.25) is 9.59 Å². The highest BCUT2D eigenvalue weighted by molar-refractivity contribution is 6.14. The lowest BCUT2D eigenvalue weighted by Crippen LogP contribution is -2.37. The summed E-state index contributed by atoms with van der Waals surface area (Å²) in [6.45, 7) is 4.06. The number of rotatable bonds is 7. The Bertz CT molecular complexity index is 488. The van der Waals surface area contributed by atoms with E-state index in [-0.39, 0.29) is 11.8 Å². The Kier molecular flexibility index (Phi) is 5.53. The summed E-state index contributed by atoms with van der Waals surface area (Å²) in [5.41, 5.74) is 1.85. The molecule has 1 aromatic heterocycles. The van der Waals surface area contributed by atoms with Crippen LogP contribution in [0.1, 0.15) is 70.1 Å². The van der Waals surface area contributed by atoms with Gasteiger partial charge in [-0.2, -0.15) is 0 Å². The number of hydrogen-bond acceptors (Lipinski definition) is 4. The van der Waals surface area contributed by atoms with Crippen molar-refractivity contribution in [2.24, 2.45) is 0 Å². The number of aromatic nitrogens is 1. The van der Waals surface area contributed by atoms with Crippen LogP contribution in [0.4, 0.5) is 5.88 Å².